The minimum absolute atomic E-state index is 0.00989. The average Bonchev–Trinajstić information content (AvgIpc) is 2.67. The molecule has 1 atom stereocenters. The van der Waals surface area contributed by atoms with Gasteiger partial charge in [0.1, 0.15) is 0 Å². The lowest BCUT2D eigenvalue weighted by molar-refractivity contribution is -0.126. The highest BCUT2D eigenvalue weighted by molar-refractivity contribution is 5.95. The first-order valence-electron chi connectivity index (χ1n) is 9.87. The lowest BCUT2D eigenvalue weighted by Crippen LogP contribution is -2.36. The topological polar surface area (TPSA) is 61.4 Å². The zero-order chi connectivity index (χ0) is 18.9. The molecule has 1 aliphatic rings. The number of carbonyl (C=O) groups excluding carboxylic acids is 2. The van der Waals surface area contributed by atoms with E-state index in [2.05, 4.69) is 28.6 Å². The van der Waals surface area contributed by atoms with Gasteiger partial charge in [-0.05, 0) is 37.9 Å². The van der Waals surface area contributed by atoms with E-state index >= 15 is 0 Å². The SMILES string of the molecule is CC[C@H](C)C(=O)NCC(=O)Nc1ccccc1CN(C)C1CCCCC1. The van der Waals surface area contributed by atoms with Crippen molar-refractivity contribution < 1.29 is 9.59 Å². The van der Waals surface area contributed by atoms with Crippen molar-refractivity contribution in [3.8, 4) is 0 Å². The summed E-state index contributed by atoms with van der Waals surface area (Å²) in [6.45, 7) is 4.66. The summed E-state index contributed by atoms with van der Waals surface area (Å²) < 4.78 is 0. The molecule has 5 heteroatoms. The van der Waals surface area contributed by atoms with Gasteiger partial charge in [0, 0.05) is 24.2 Å². The number of rotatable bonds is 8. The van der Waals surface area contributed by atoms with E-state index < -0.39 is 0 Å². The van der Waals surface area contributed by atoms with Crippen molar-refractivity contribution in [2.24, 2.45) is 5.92 Å². The van der Waals surface area contributed by atoms with Gasteiger partial charge in [-0.2, -0.15) is 0 Å². The second-order valence-corrected chi connectivity index (χ2v) is 7.44. The Labute approximate surface area is 157 Å². The predicted molar refractivity (Wildman–Crippen MR) is 106 cm³/mol. The summed E-state index contributed by atoms with van der Waals surface area (Å²) in [6.07, 6.45) is 7.25. The second kappa shape index (κ2) is 10.3. The first kappa shape index (κ1) is 20.4. The monoisotopic (exact) mass is 359 g/mol. The molecule has 0 unspecified atom stereocenters. The number of carbonyl (C=O) groups is 2. The fraction of sp³-hybridized carbons (Fsp3) is 0.619. The zero-order valence-electron chi connectivity index (χ0n) is 16.4. The molecule has 1 aromatic carbocycles. The number of anilines is 1. The van der Waals surface area contributed by atoms with E-state index in [0.717, 1.165) is 24.2 Å². The van der Waals surface area contributed by atoms with Crippen LogP contribution in [0.4, 0.5) is 5.69 Å². The van der Waals surface area contributed by atoms with Gasteiger partial charge in [-0.3, -0.25) is 14.5 Å². The Morgan fingerprint density at radius 1 is 1.19 bits per heavy atom. The van der Waals surface area contributed by atoms with E-state index in [1.54, 1.807) is 0 Å². The van der Waals surface area contributed by atoms with Gasteiger partial charge in [0.2, 0.25) is 11.8 Å². The maximum atomic E-state index is 12.2. The number of hydrogen-bond acceptors (Lipinski definition) is 3. The molecule has 0 bridgehead atoms. The molecule has 1 saturated carbocycles. The molecule has 0 saturated heterocycles. The molecule has 2 amide bonds. The highest BCUT2D eigenvalue weighted by Crippen LogP contribution is 2.24. The average molecular weight is 360 g/mol. The Hall–Kier alpha value is -1.88. The summed E-state index contributed by atoms with van der Waals surface area (Å²) in [6, 6.07) is 8.55. The third-order valence-corrected chi connectivity index (χ3v) is 5.39. The number of amides is 2. The van der Waals surface area contributed by atoms with E-state index in [0.29, 0.717) is 6.04 Å². The molecule has 2 N–H and O–H groups in total. The van der Waals surface area contributed by atoms with Crippen LogP contribution in [0.1, 0.15) is 57.9 Å². The van der Waals surface area contributed by atoms with Crippen molar-refractivity contribution >= 4 is 17.5 Å². The Kier molecular flexibility index (Phi) is 8.10. The molecular formula is C21H33N3O2. The third-order valence-electron chi connectivity index (χ3n) is 5.39. The minimum atomic E-state index is -0.186. The van der Waals surface area contributed by atoms with Crippen LogP contribution in [0.3, 0.4) is 0 Å². The molecule has 144 valence electrons. The standard InChI is InChI=1S/C21H33N3O2/c1-4-16(2)21(26)22-14-20(25)23-19-13-9-8-10-17(19)15-24(3)18-11-6-5-7-12-18/h8-10,13,16,18H,4-7,11-12,14-15H2,1-3H3,(H,22,26)(H,23,25)/t16-/m0/s1. The van der Waals surface area contributed by atoms with Crippen molar-refractivity contribution in [1.82, 2.24) is 10.2 Å². The van der Waals surface area contributed by atoms with E-state index in [1.807, 2.05) is 32.0 Å². The van der Waals surface area contributed by atoms with Crippen LogP contribution in [0, 0.1) is 5.92 Å². The molecule has 0 aliphatic heterocycles. The number of para-hydroxylation sites is 1. The van der Waals surface area contributed by atoms with Gasteiger partial charge >= 0.3 is 0 Å². The number of hydrogen-bond donors (Lipinski definition) is 2. The quantitative estimate of drug-likeness (QED) is 0.746. The van der Waals surface area contributed by atoms with E-state index in [-0.39, 0.29) is 24.3 Å². The highest BCUT2D eigenvalue weighted by atomic mass is 16.2. The second-order valence-electron chi connectivity index (χ2n) is 7.44. The molecular weight excluding hydrogens is 326 g/mol. The maximum Gasteiger partial charge on any atom is 0.243 e. The molecule has 0 radical (unpaired) electrons. The summed E-state index contributed by atoms with van der Waals surface area (Å²) in [4.78, 5) is 26.4. The molecule has 0 aromatic heterocycles. The van der Waals surface area contributed by atoms with Crippen molar-refractivity contribution in [3.05, 3.63) is 29.8 Å². The number of nitrogens with one attached hydrogen (secondary N) is 2. The molecule has 5 nitrogen and oxygen atoms in total. The van der Waals surface area contributed by atoms with Crippen LogP contribution >= 0.6 is 0 Å². The molecule has 1 aliphatic carbocycles. The van der Waals surface area contributed by atoms with E-state index in [1.165, 1.54) is 32.1 Å². The fourth-order valence-electron chi connectivity index (χ4n) is 3.42. The maximum absolute atomic E-state index is 12.2. The van der Waals surface area contributed by atoms with Gasteiger partial charge in [-0.1, -0.05) is 51.3 Å². The van der Waals surface area contributed by atoms with Crippen LogP contribution < -0.4 is 10.6 Å². The third kappa shape index (κ3) is 6.13. The van der Waals surface area contributed by atoms with Crippen LogP contribution in [0.2, 0.25) is 0 Å². The van der Waals surface area contributed by atoms with Crippen LogP contribution in [0.25, 0.3) is 0 Å². The Balaban J connectivity index is 1.91. The van der Waals surface area contributed by atoms with Gasteiger partial charge in [-0.15, -0.1) is 0 Å². The van der Waals surface area contributed by atoms with Crippen LogP contribution in [0.5, 0.6) is 0 Å². The summed E-state index contributed by atoms with van der Waals surface area (Å²) in [5.74, 6) is -0.332. The van der Waals surface area contributed by atoms with Crippen molar-refractivity contribution in [1.29, 1.82) is 0 Å². The molecule has 26 heavy (non-hydrogen) atoms. The van der Waals surface area contributed by atoms with Crippen LogP contribution in [-0.4, -0.2) is 36.3 Å². The number of benzene rings is 1. The van der Waals surface area contributed by atoms with Gasteiger partial charge < -0.3 is 10.6 Å². The Morgan fingerprint density at radius 3 is 2.58 bits per heavy atom. The van der Waals surface area contributed by atoms with Crippen molar-refractivity contribution in [2.75, 3.05) is 18.9 Å². The van der Waals surface area contributed by atoms with E-state index in [9.17, 15) is 9.59 Å². The normalized spacial score (nSPS) is 16.3. The van der Waals surface area contributed by atoms with Crippen molar-refractivity contribution in [2.45, 2.75) is 65.0 Å². The molecule has 1 fully saturated rings. The van der Waals surface area contributed by atoms with Crippen molar-refractivity contribution in [3.63, 3.8) is 0 Å². The van der Waals surface area contributed by atoms with Gasteiger partial charge in [0.25, 0.3) is 0 Å². The van der Waals surface area contributed by atoms with Gasteiger partial charge in [0.15, 0.2) is 0 Å². The minimum Gasteiger partial charge on any atom is -0.347 e. The summed E-state index contributed by atoms with van der Waals surface area (Å²) in [5.41, 5.74) is 1.94. The lowest BCUT2D eigenvalue weighted by atomic mass is 9.94. The number of nitrogens with zero attached hydrogens (tertiary/aromatic N) is 1. The lowest BCUT2D eigenvalue weighted by Gasteiger charge is -2.31. The summed E-state index contributed by atoms with van der Waals surface area (Å²) in [7, 11) is 2.17. The molecule has 2 rings (SSSR count). The fourth-order valence-corrected chi connectivity index (χ4v) is 3.42. The summed E-state index contributed by atoms with van der Waals surface area (Å²) >= 11 is 0. The first-order chi connectivity index (χ1) is 12.5. The van der Waals surface area contributed by atoms with Crippen LogP contribution in [-0.2, 0) is 16.1 Å². The largest absolute Gasteiger partial charge is 0.347 e. The van der Waals surface area contributed by atoms with E-state index in [4.69, 9.17) is 0 Å². The molecule has 0 spiro atoms. The van der Waals surface area contributed by atoms with Gasteiger partial charge in [-0.25, -0.2) is 0 Å². The summed E-state index contributed by atoms with van der Waals surface area (Å²) in [5, 5.41) is 5.65. The highest BCUT2D eigenvalue weighted by Gasteiger charge is 2.19. The molecule has 0 heterocycles. The predicted octanol–water partition coefficient (Wildman–Crippen LogP) is 3.55. The smallest absolute Gasteiger partial charge is 0.243 e. The Bertz CT molecular complexity index is 597. The first-order valence-corrected chi connectivity index (χ1v) is 9.87. The van der Waals surface area contributed by atoms with Gasteiger partial charge in [0.05, 0.1) is 6.54 Å². The zero-order valence-corrected chi connectivity index (χ0v) is 16.4. The molecule has 1 aromatic rings. The van der Waals surface area contributed by atoms with Crippen LogP contribution in [0.15, 0.2) is 24.3 Å². The Morgan fingerprint density at radius 2 is 1.88 bits per heavy atom.